The Morgan fingerprint density at radius 2 is 2.40 bits per heavy atom. The molecule has 0 radical (unpaired) electrons. The number of fused-ring (bicyclic) bond motifs is 1. The number of nitrogens with one attached hydrogen (secondary N) is 1. The second-order valence-corrected chi connectivity index (χ2v) is 4.63. The Bertz CT molecular complexity index is 245. The molecule has 2 aliphatic heterocycles. The molecule has 3 atom stereocenters. The summed E-state index contributed by atoms with van der Waals surface area (Å²) in [5, 5.41) is 12.9. The van der Waals surface area contributed by atoms with Crippen LogP contribution in [0.15, 0.2) is 0 Å². The summed E-state index contributed by atoms with van der Waals surface area (Å²) < 4.78 is 0. The Hall–Kier alpha value is -0.610. The molecule has 0 aromatic heterocycles. The van der Waals surface area contributed by atoms with Crippen molar-refractivity contribution in [2.24, 2.45) is 0 Å². The second kappa shape index (κ2) is 4.49. The fourth-order valence-corrected chi connectivity index (χ4v) is 2.75. The molecular weight excluding hydrogens is 192 g/mol. The number of aliphatic hydroxyl groups is 1. The Morgan fingerprint density at radius 1 is 1.60 bits per heavy atom. The van der Waals surface area contributed by atoms with Gasteiger partial charge in [0, 0.05) is 25.0 Å². The first-order valence-corrected chi connectivity index (χ1v) is 5.92. The van der Waals surface area contributed by atoms with Crippen LogP contribution in [0.4, 0.5) is 0 Å². The molecule has 0 bridgehead atoms. The molecule has 0 aromatic carbocycles. The maximum atomic E-state index is 11.3. The molecule has 2 heterocycles. The first kappa shape index (κ1) is 10.9. The molecule has 86 valence electrons. The van der Waals surface area contributed by atoms with Gasteiger partial charge in [0.25, 0.3) is 0 Å². The summed E-state index contributed by atoms with van der Waals surface area (Å²) in [6.45, 7) is 3.83. The van der Waals surface area contributed by atoms with Crippen LogP contribution in [0.25, 0.3) is 0 Å². The summed E-state index contributed by atoms with van der Waals surface area (Å²) in [6, 6.07) is 0.488. The van der Waals surface area contributed by atoms with E-state index >= 15 is 0 Å². The van der Waals surface area contributed by atoms with Crippen molar-refractivity contribution in [3.63, 3.8) is 0 Å². The standard InChI is InChI=1S/C11H20N2O2/c1-2-11(15)12-8-6-10(14)9-4-3-5-13(9)7-8/h8-10,14H,2-7H2,1H3,(H,12,15). The van der Waals surface area contributed by atoms with Gasteiger partial charge in [0.1, 0.15) is 0 Å². The van der Waals surface area contributed by atoms with Crippen molar-refractivity contribution in [2.75, 3.05) is 13.1 Å². The molecule has 0 spiro atoms. The minimum atomic E-state index is -0.261. The average Bonchev–Trinajstić information content (AvgIpc) is 2.66. The average molecular weight is 212 g/mol. The molecule has 2 fully saturated rings. The Morgan fingerprint density at radius 3 is 3.13 bits per heavy atom. The number of hydrogen-bond acceptors (Lipinski definition) is 3. The van der Waals surface area contributed by atoms with Crippen molar-refractivity contribution in [3.8, 4) is 0 Å². The monoisotopic (exact) mass is 212 g/mol. The number of carbonyl (C=O) groups is 1. The molecular formula is C11H20N2O2. The molecule has 3 unspecified atom stereocenters. The van der Waals surface area contributed by atoms with Gasteiger partial charge in [-0.1, -0.05) is 6.92 Å². The van der Waals surface area contributed by atoms with Crippen molar-refractivity contribution in [2.45, 2.75) is 50.8 Å². The van der Waals surface area contributed by atoms with Crippen LogP contribution in [-0.2, 0) is 4.79 Å². The topological polar surface area (TPSA) is 52.6 Å². The third-order valence-corrected chi connectivity index (χ3v) is 3.53. The molecule has 0 aliphatic carbocycles. The Balaban J connectivity index is 1.91. The number of hydrogen-bond donors (Lipinski definition) is 2. The van der Waals surface area contributed by atoms with Crippen LogP contribution in [0, 0.1) is 0 Å². The van der Waals surface area contributed by atoms with Crippen molar-refractivity contribution >= 4 is 5.91 Å². The molecule has 1 amide bonds. The van der Waals surface area contributed by atoms with Gasteiger partial charge < -0.3 is 10.4 Å². The predicted molar refractivity (Wildman–Crippen MR) is 57.4 cm³/mol. The van der Waals surface area contributed by atoms with E-state index in [1.165, 1.54) is 6.42 Å². The van der Waals surface area contributed by atoms with Gasteiger partial charge in [-0.05, 0) is 25.8 Å². The van der Waals surface area contributed by atoms with Gasteiger partial charge in [0.2, 0.25) is 5.91 Å². The number of aliphatic hydroxyl groups excluding tert-OH is 1. The Labute approximate surface area is 90.6 Å². The van der Waals surface area contributed by atoms with Gasteiger partial charge in [-0.2, -0.15) is 0 Å². The second-order valence-electron chi connectivity index (χ2n) is 4.63. The minimum absolute atomic E-state index is 0.0878. The molecule has 0 saturated carbocycles. The SMILES string of the molecule is CCC(=O)NC1CC(O)C2CCCN2C1. The van der Waals surface area contributed by atoms with E-state index < -0.39 is 0 Å². The van der Waals surface area contributed by atoms with E-state index in [1.807, 2.05) is 6.92 Å². The van der Waals surface area contributed by atoms with Gasteiger partial charge in [0.15, 0.2) is 0 Å². The summed E-state index contributed by atoms with van der Waals surface area (Å²) in [6.07, 6.45) is 3.26. The zero-order valence-electron chi connectivity index (χ0n) is 9.28. The van der Waals surface area contributed by atoms with E-state index in [1.54, 1.807) is 0 Å². The van der Waals surface area contributed by atoms with Gasteiger partial charge in [0.05, 0.1) is 6.10 Å². The van der Waals surface area contributed by atoms with Crippen LogP contribution < -0.4 is 5.32 Å². The van der Waals surface area contributed by atoms with Crippen LogP contribution in [0.2, 0.25) is 0 Å². The molecule has 2 saturated heterocycles. The Kier molecular flexibility index (Phi) is 3.26. The quantitative estimate of drug-likeness (QED) is 0.683. The first-order valence-electron chi connectivity index (χ1n) is 5.92. The van der Waals surface area contributed by atoms with E-state index in [0.29, 0.717) is 18.9 Å². The molecule has 15 heavy (non-hydrogen) atoms. The summed E-state index contributed by atoms with van der Waals surface area (Å²) >= 11 is 0. The molecule has 2 aliphatic rings. The van der Waals surface area contributed by atoms with E-state index in [4.69, 9.17) is 0 Å². The van der Waals surface area contributed by atoms with E-state index in [9.17, 15) is 9.90 Å². The van der Waals surface area contributed by atoms with Crippen molar-refractivity contribution in [1.82, 2.24) is 10.2 Å². The van der Waals surface area contributed by atoms with Gasteiger partial charge in [-0.3, -0.25) is 9.69 Å². The maximum Gasteiger partial charge on any atom is 0.219 e. The van der Waals surface area contributed by atoms with Crippen LogP contribution in [0.5, 0.6) is 0 Å². The van der Waals surface area contributed by atoms with Crippen molar-refractivity contribution in [3.05, 3.63) is 0 Å². The number of amides is 1. The lowest BCUT2D eigenvalue weighted by atomic mass is 9.95. The van der Waals surface area contributed by atoms with Crippen LogP contribution >= 0.6 is 0 Å². The van der Waals surface area contributed by atoms with Crippen molar-refractivity contribution < 1.29 is 9.90 Å². The van der Waals surface area contributed by atoms with Gasteiger partial charge in [-0.25, -0.2) is 0 Å². The molecule has 4 nitrogen and oxygen atoms in total. The van der Waals surface area contributed by atoms with Gasteiger partial charge in [-0.15, -0.1) is 0 Å². The lowest BCUT2D eigenvalue weighted by Crippen LogP contribution is -2.55. The highest BCUT2D eigenvalue weighted by Gasteiger charge is 2.37. The highest BCUT2D eigenvalue weighted by atomic mass is 16.3. The highest BCUT2D eigenvalue weighted by Crippen LogP contribution is 2.27. The van der Waals surface area contributed by atoms with Crippen LogP contribution in [0.1, 0.15) is 32.6 Å². The summed E-state index contributed by atoms with van der Waals surface area (Å²) in [5.41, 5.74) is 0. The summed E-state index contributed by atoms with van der Waals surface area (Å²) in [4.78, 5) is 13.6. The fourth-order valence-electron chi connectivity index (χ4n) is 2.75. The highest BCUT2D eigenvalue weighted by molar-refractivity contribution is 5.75. The lowest BCUT2D eigenvalue weighted by Gasteiger charge is -2.38. The third kappa shape index (κ3) is 2.32. The number of piperidine rings is 1. The predicted octanol–water partition coefficient (Wildman–Crippen LogP) is 0.110. The molecule has 0 aromatic rings. The third-order valence-electron chi connectivity index (χ3n) is 3.53. The largest absolute Gasteiger partial charge is 0.391 e. The van der Waals surface area contributed by atoms with Gasteiger partial charge >= 0.3 is 0 Å². The fraction of sp³-hybridized carbons (Fsp3) is 0.909. The van der Waals surface area contributed by atoms with Crippen molar-refractivity contribution in [1.29, 1.82) is 0 Å². The van der Waals surface area contributed by atoms with Crippen LogP contribution in [0.3, 0.4) is 0 Å². The molecule has 4 heteroatoms. The maximum absolute atomic E-state index is 11.3. The number of nitrogens with zero attached hydrogens (tertiary/aromatic N) is 1. The summed E-state index contributed by atoms with van der Waals surface area (Å²) in [7, 11) is 0. The number of carbonyl (C=O) groups excluding carboxylic acids is 1. The lowest BCUT2D eigenvalue weighted by molar-refractivity contribution is -0.122. The minimum Gasteiger partial charge on any atom is -0.391 e. The zero-order valence-corrected chi connectivity index (χ0v) is 9.28. The van der Waals surface area contributed by atoms with E-state index in [-0.39, 0.29) is 18.1 Å². The zero-order chi connectivity index (χ0) is 10.8. The normalized spacial score (nSPS) is 36.3. The molecule has 2 N–H and O–H groups in total. The first-order chi connectivity index (χ1) is 7.20. The smallest absolute Gasteiger partial charge is 0.219 e. The van der Waals surface area contributed by atoms with Crippen LogP contribution in [-0.4, -0.2) is 47.2 Å². The van der Waals surface area contributed by atoms with E-state index in [2.05, 4.69) is 10.2 Å². The van der Waals surface area contributed by atoms with E-state index in [0.717, 1.165) is 19.5 Å². The summed E-state index contributed by atoms with van der Waals surface area (Å²) in [5.74, 6) is 0.0878. The number of rotatable bonds is 2. The molecule has 2 rings (SSSR count).